The van der Waals surface area contributed by atoms with Gasteiger partial charge in [-0.3, -0.25) is 14.9 Å². The van der Waals surface area contributed by atoms with Crippen LogP contribution in [0.4, 0.5) is 11.4 Å². The molecule has 1 aromatic rings. The highest BCUT2D eigenvalue weighted by Crippen LogP contribution is 2.27. The molecule has 10 nitrogen and oxygen atoms in total. The molecule has 0 heterocycles. The molecular weight excluding hydrogens is 310 g/mol. The average Bonchev–Trinajstić information content (AvgIpc) is 2.52. The molecule has 1 rings (SSSR count). The summed E-state index contributed by atoms with van der Waals surface area (Å²) in [4.78, 5) is 44.6. The standard InChI is InChI=1S/C13H13N3O7/c1-22-10(17)6-8(13(19)23-2)15-7-4-3-5-9(16(20)21)11(7)12(14)18/h3-6,15H,1-2H3,(H2,14,18)/b8-6+. The molecule has 1 aromatic carbocycles. The molecule has 10 heteroatoms. The zero-order valence-corrected chi connectivity index (χ0v) is 12.2. The van der Waals surface area contributed by atoms with Crippen LogP contribution in [0.15, 0.2) is 30.0 Å². The van der Waals surface area contributed by atoms with Crippen LogP contribution in [0.2, 0.25) is 0 Å². The molecule has 1 amide bonds. The Bertz CT molecular complexity index is 697. The molecule has 0 atom stereocenters. The quantitative estimate of drug-likeness (QED) is 0.329. The number of hydrogen-bond acceptors (Lipinski definition) is 8. The first-order valence-corrected chi connectivity index (χ1v) is 6.04. The first kappa shape index (κ1) is 17.6. The minimum absolute atomic E-state index is 0.132. The number of benzene rings is 1. The van der Waals surface area contributed by atoms with Crippen LogP contribution >= 0.6 is 0 Å². The predicted molar refractivity (Wildman–Crippen MR) is 77.4 cm³/mol. The zero-order chi connectivity index (χ0) is 17.6. The predicted octanol–water partition coefficient (Wildman–Crippen LogP) is 0.335. The van der Waals surface area contributed by atoms with Crippen molar-refractivity contribution in [3.05, 3.63) is 45.6 Å². The van der Waals surface area contributed by atoms with Crippen molar-refractivity contribution in [2.24, 2.45) is 5.73 Å². The number of nitro benzene ring substituents is 1. The molecule has 3 N–H and O–H groups in total. The van der Waals surface area contributed by atoms with Gasteiger partial charge < -0.3 is 20.5 Å². The molecule has 0 aliphatic carbocycles. The number of nitrogens with one attached hydrogen (secondary N) is 1. The number of esters is 2. The lowest BCUT2D eigenvalue weighted by Crippen LogP contribution is -2.20. The normalized spacial score (nSPS) is 10.6. The van der Waals surface area contributed by atoms with E-state index in [1.54, 1.807) is 0 Å². The van der Waals surface area contributed by atoms with Crippen molar-refractivity contribution in [3.63, 3.8) is 0 Å². The molecule has 0 saturated carbocycles. The molecule has 0 aliphatic heterocycles. The molecular formula is C13H13N3O7. The molecule has 0 aliphatic rings. The maximum Gasteiger partial charge on any atom is 0.354 e. The van der Waals surface area contributed by atoms with E-state index in [1.165, 1.54) is 12.1 Å². The highest BCUT2D eigenvalue weighted by molar-refractivity contribution is 6.05. The van der Waals surface area contributed by atoms with E-state index in [0.717, 1.165) is 26.4 Å². The fourth-order valence-electron chi connectivity index (χ4n) is 1.63. The molecule has 0 bridgehead atoms. The van der Waals surface area contributed by atoms with Crippen molar-refractivity contribution in [1.29, 1.82) is 0 Å². The molecule has 0 spiro atoms. The minimum atomic E-state index is -1.08. The minimum Gasteiger partial charge on any atom is -0.466 e. The third kappa shape index (κ3) is 4.27. The average molecular weight is 323 g/mol. The second-order valence-corrected chi connectivity index (χ2v) is 4.02. The number of amides is 1. The number of nitrogens with zero attached hydrogens (tertiary/aromatic N) is 1. The number of carbonyl (C=O) groups is 3. The van der Waals surface area contributed by atoms with Gasteiger partial charge in [0.25, 0.3) is 11.6 Å². The smallest absolute Gasteiger partial charge is 0.354 e. The number of nitrogens with two attached hydrogens (primary N) is 1. The van der Waals surface area contributed by atoms with E-state index in [2.05, 4.69) is 14.8 Å². The Balaban J connectivity index is 3.39. The topological polar surface area (TPSA) is 151 Å². The number of nitro groups is 1. The number of anilines is 1. The van der Waals surface area contributed by atoms with Crippen molar-refractivity contribution in [3.8, 4) is 0 Å². The van der Waals surface area contributed by atoms with Crippen LogP contribution in [0.25, 0.3) is 0 Å². The number of methoxy groups -OCH3 is 2. The maximum absolute atomic E-state index is 11.7. The van der Waals surface area contributed by atoms with E-state index in [-0.39, 0.29) is 11.4 Å². The highest BCUT2D eigenvalue weighted by Gasteiger charge is 2.24. The molecule has 0 saturated heterocycles. The monoisotopic (exact) mass is 323 g/mol. The molecule has 0 unspecified atom stereocenters. The SMILES string of the molecule is COC(=O)/C=C(/Nc1cccc([N+](=O)[O-])c1C(N)=O)C(=O)OC. The fraction of sp³-hybridized carbons (Fsp3) is 0.154. The number of ether oxygens (including phenoxy) is 2. The number of hydrogen-bond donors (Lipinski definition) is 2. The fourth-order valence-corrected chi connectivity index (χ4v) is 1.63. The van der Waals surface area contributed by atoms with E-state index in [4.69, 9.17) is 5.73 Å². The van der Waals surface area contributed by atoms with Crippen molar-refractivity contribution in [2.45, 2.75) is 0 Å². The summed E-state index contributed by atoms with van der Waals surface area (Å²) in [6.45, 7) is 0. The van der Waals surface area contributed by atoms with Crippen molar-refractivity contribution >= 4 is 29.2 Å². The Labute approximate surface area is 130 Å². The lowest BCUT2D eigenvalue weighted by atomic mass is 10.1. The Morgan fingerprint density at radius 1 is 1.26 bits per heavy atom. The van der Waals surface area contributed by atoms with Crippen LogP contribution < -0.4 is 11.1 Å². The van der Waals surface area contributed by atoms with Crippen LogP contribution in [0.3, 0.4) is 0 Å². The second-order valence-electron chi connectivity index (χ2n) is 4.02. The summed E-state index contributed by atoms with van der Waals surface area (Å²) in [5.41, 5.74) is 3.64. The van der Waals surface area contributed by atoms with Crippen molar-refractivity contribution < 1.29 is 28.8 Å². The molecule has 0 aromatic heterocycles. The van der Waals surface area contributed by atoms with E-state index in [1.807, 2.05) is 0 Å². The van der Waals surface area contributed by atoms with Crippen molar-refractivity contribution in [1.82, 2.24) is 0 Å². The van der Waals surface area contributed by atoms with E-state index in [9.17, 15) is 24.5 Å². The summed E-state index contributed by atoms with van der Waals surface area (Å²) in [6, 6.07) is 3.63. The van der Waals surface area contributed by atoms with Gasteiger partial charge in [-0.05, 0) is 6.07 Å². The van der Waals surface area contributed by atoms with Crippen LogP contribution in [0.1, 0.15) is 10.4 Å². The molecule has 23 heavy (non-hydrogen) atoms. The molecule has 0 fully saturated rings. The summed E-state index contributed by atoms with van der Waals surface area (Å²) in [7, 11) is 2.16. The summed E-state index contributed by atoms with van der Waals surface area (Å²) >= 11 is 0. The van der Waals surface area contributed by atoms with Gasteiger partial charge in [0.2, 0.25) is 0 Å². The largest absolute Gasteiger partial charge is 0.466 e. The lowest BCUT2D eigenvalue weighted by Gasteiger charge is -2.12. The van der Waals surface area contributed by atoms with Crippen LogP contribution in [-0.2, 0) is 19.1 Å². The lowest BCUT2D eigenvalue weighted by molar-refractivity contribution is -0.385. The first-order chi connectivity index (χ1) is 10.8. The first-order valence-electron chi connectivity index (χ1n) is 6.04. The van der Waals surface area contributed by atoms with Gasteiger partial charge in [0.05, 0.1) is 30.9 Å². The second kappa shape index (κ2) is 7.54. The van der Waals surface area contributed by atoms with Crippen molar-refractivity contribution in [2.75, 3.05) is 19.5 Å². The maximum atomic E-state index is 11.7. The third-order valence-corrected chi connectivity index (χ3v) is 2.62. The van der Waals surface area contributed by atoms with E-state index < -0.39 is 34.0 Å². The third-order valence-electron chi connectivity index (χ3n) is 2.62. The van der Waals surface area contributed by atoms with Gasteiger partial charge in [-0.15, -0.1) is 0 Å². The van der Waals surface area contributed by atoms with Gasteiger partial charge >= 0.3 is 11.9 Å². The van der Waals surface area contributed by atoms with Crippen LogP contribution in [0, 0.1) is 10.1 Å². The van der Waals surface area contributed by atoms with E-state index in [0.29, 0.717) is 0 Å². The number of rotatable bonds is 6. The summed E-state index contributed by atoms with van der Waals surface area (Å²) in [5.74, 6) is -2.90. The Morgan fingerprint density at radius 2 is 1.91 bits per heavy atom. The number of carbonyl (C=O) groups excluding carboxylic acids is 3. The number of primary amides is 1. The van der Waals surface area contributed by atoms with Crippen LogP contribution in [-0.4, -0.2) is 37.0 Å². The molecule has 122 valence electrons. The van der Waals surface area contributed by atoms with Gasteiger partial charge in [0.15, 0.2) is 0 Å². The van der Waals surface area contributed by atoms with Gasteiger partial charge in [-0.2, -0.15) is 0 Å². The van der Waals surface area contributed by atoms with Gasteiger partial charge in [0.1, 0.15) is 11.3 Å². The van der Waals surface area contributed by atoms with Gasteiger partial charge in [0, 0.05) is 6.07 Å². The summed E-state index contributed by atoms with van der Waals surface area (Å²) in [5, 5.41) is 13.4. The Morgan fingerprint density at radius 3 is 2.39 bits per heavy atom. The van der Waals surface area contributed by atoms with E-state index >= 15 is 0 Å². The Hall–Kier alpha value is -3.43. The Kier molecular flexibility index (Phi) is 5.78. The summed E-state index contributed by atoms with van der Waals surface area (Å²) in [6.07, 6.45) is 0.773. The van der Waals surface area contributed by atoms with Crippen LogP contribution in [0.5, 0.6) is 0 Å². The zero-order valence-electron chi connectivity index (χ0n) is 12.2. The highest BCUT2D eigenvalue weighted by atomic mass is 16.6. The molecule has 0 radical (unpaired) electrons. The van der Waals surface area contributed by atoms with Gasteiger partial charge in [-0.1, -0.05) is 6.07 Å². The summed E-state index contributed by atoms with van der Waals surface area (Å²) < 4.78 is 8.87. The van der Waals surface area contributed by atoms with Gasteiger partial charge in [-0.25, -0.2) is 9.59 Å².